The number of hydrogen-bond donors (Lipinski definition) is 2. The molecule has 1 fully saturated rings. The van der Waals surface area contributed by atoms with Crippen LogP contribution in [0.25, 0.3) is 0 Å². The Morgan fingerprint density at radius 3 is 2.31 bits per heavy atom. The highest BCUT2D eigenvalue weighted by Crippen LogP contribution is 2.20. The first-order valence-corrected chi connectivity index (χ1v) is 10.7. The van der Waals surface area contributed by atoms with Crippen LogP contribution in [-0.4, -0.2) is 38.3 Å². The van der Waals surface area contributed by atoms with Gasteiger partial charge in [-0.25, -0.2) is 0 Å². The molecule has 5 nitrogen and oxygen atoms in total. The molecule has 3 rings (SSSR count). The van der Waals surface area contributed by atoms with Crippen molar-refractivity contribution in [3.05, 3.63) is 60.2 Å². The van der Waals surface area contributed by atoms with E-state index in [2.05, 4.69) is 65.8 Å². The van der Waals surface area contributed by atoms with Gasteiger partial charge in [0, 0.05) is 36.4 Å². The van der Waals surface area contributed by atoms with Gasteiger partial charge < -0.3 is 20.3 Å². The van der Waals surface area contributed by atoms with E-state index in [0.717, 1.165) is 38.4 Å². The lowest BCUT2D eigenvalue weighted by Crippen LogP contribution is -2.92. The van der Waals surface area contributed by atoms with Crippen molar-refractivity contribution in [2.45, 2.75) is 39.3 Å². The van der Waals surface area contributed by atoms with Crippen LogP contribution in [0.5, 0.6) is 0 Å². The van der Waals surface area contributed by atoms with Gasteiger partial charge in [0.05, 0.1) is 13.2 Å². The van der Waals surface area contributed by atoms with Gasteiger partial charge >= 0.3 is 0 Å². The summed E-state index contributed by atoms with van der Waals surface area (Å²) in [7, 11) is 0. The van der Waals surface area contributed by atoms with E-state index < -0.39 is 0 Å². The fraction of sp³-hybridized carbons (Fsp3) is 0.458. The van der Waals surface area contributed by atoms with E-state index in [1.807, 2.05) is 25.1 Å². The number of nitrogens with two attached hydrogens (primary N) is 1. The van der Waals surface area contributed by atoms with Crippen molar-refractivity contribution in [3.63, 3.8) is 0 Å². The summed E-state index contributed by atoms with van der Waals surface area (Å²) in [5.41, 5.74) is 3.29. The molecule has 1 amide bonds. The normalized spacial score (nSPS) is 16.5. The van der Waals surface area contributed by atoms with Crippen molar-refractivity contribution in [1.29, 1.82) is 0 Å². The largest absolute Gasteiger partial charge is 0.378 e. The average molecular weight is 397 g/mol. The van der Waals surface area contributed by atoms with Crippen molar-refractivity contribution in [3.8, 4) is 0 Å². The lowest BCUT2D eigenvalue weighted by molar-refractivity contribution is -0.714. The number of rotatable bonds is 8. The fourth-order valence-electron chi connectivity index (χ4n) is 3.80. The molecule has 1 heterocycles. The zero-order valence-corrected chi connectivity index (χ0v) is 17.8. The molecular formula is C24H34N3O2+. The maximum Gasteiger partial charge on any atom is 0.282 e. The molecule has 0 saturated carbocycles. The number of benzene rings is 2. The quantitative estimate of drug-likeness (QED) is 0.720. The molecular weight excluding hydrogens is 362 g/mol. The lowest BCUT2D eigenvalue weighted by atomic mass is 9.96. The van der Waals surface area contributed by atoms with Gasteiger partial charge in [0.2, 0.25) is 0 Å². The molecule has 3 N–H and O–H groups in total. The summed E-state index contributed by atoms with van der Waals surface area (Å²) >= 11 is 0. The molecule has 0 bridgehead atoms. The molecule has 0 unspecified atom stereocenters. The third-order valence-electron chi connectivity index (χ3n) is 5.40. The molecule has 0 aliphatic carbocycles. The molecule has 2 aromatic rings. The molecule has 0 spiro atoms. The molecule has 5 heteroatoms. The molecule has 0 radical (unpaired) electrons. The monoisotopic (exact) mass is 396 g/mol. The second kappa shape index (κ2) is 10.4. The maximum absolute atomic E-state index is 12.8. The topological polar surface area (TPSA) is 58.2 Å². The highest BCUT2D eigenvalue weighted by molar-refractivity contribution is 5.93. The van der Waals surface area contributed by atoms with Gasteiger partial charge in [0.1, 0.15) is 6.04 Å². The van der Waals surface area contributed by atoms with Crippen molar-refractivity contribution in [2.75, 3.05) is 36.5 Å². The van der Waals surface area contributed by atoms with Gasteiger partial charge in [0.25, 0.3) is 5.91 Å². The minimum atomic E-state index is -0.169. The van der Waals surface area contributed by atoms with Crippen LogP contribution in [0.15, 0.2) is 54.6 Å². The van der Waals surface area contributed by atoms with Crippen molar-refractivity contribution in [2.24, 2.45) is 5.92 Å². The van der Waals surface area contributed by atoms with Gasteiger partial charge in [0.15, 0.2) is 6.04 Å². The number of carbonyl (C=O) groups is 1. The van der Waals surface area contributed by atoms with Crippen LogP contribution in [-0.2, 0) is 9.53 Å². The van der Waals surface area contributed by atoms with Gasteiger partial charge in [-0.3, -0.25) is 4.79 Å². The lowest BCUT2D eigenvalue weighted by Gasteiger charge is -2.29. The van der Waals surface area contributed by atoms with Gasteiger partial charge in [-0.15, -0.1) is 0 Å². The van der Waals surface area contributed by atoms with Crippen LogP contribution < -0.4 is 15.5 Å². The summed E-state index contributed by atoms with van der Waals surface area (Å²) in [4.78, 5) is 15.1. The van der Waals surface area contributed by atoms with E-state index in [4.69, 9.17) is 4.74 Å². The molecule has 156 valence electrons. The highest BCUT2D eigenvalue weighted by Gasteiger charge is 2.24. The number of amides is 1. The second-order valence-corrected chi connectivity index (χ2v) is 8.26. The van der Waals surface area contributed by atoms with Crippen molar-refractivity contribution in [1.82, 2.24) is 0 Å². The first kappa shape index (κ1) is 21.3. The van der Waals surface area contributed by atoms with E-state index in [0.29, 0.717) is 5.92 Å². The standard InChI is InChI=1S/C24H33N3O2/c1-18(2)17-23(20-7-5-4-6-8-20)25-19(3)24(28)26-21-9-11-22(12-10-21)27-13-15-29-16-14-27/h4-12,18-19,23,25H,13-17H2,1-3H3,(H,26,28)/p+1/t19-,23-/m1/s1. The van der Waals surface area contributed by atoms with Gasteiger partial charge in [-0.2, -0.15) is 0 Å². The summed E-state index contributed by atoms with van der Waals surface area (Å²) in [6.45, 7) is 9.79. The Morgan fingerprint density at radius 2 is 1.69 bits per heavy atom. The van der Waals surface area contributed by atoms with E-state index in [1.165, 1.54) is 11.3 Å². The molecule has 29 heavy (non-hydrogen) atoms. The van der Waals surface area contributed by atoms with Gasteiger partial charge in [-0.05, 0) is 37.1 Å². The van der Waals surface area contributed by atoms with Crippen LogP contribution in [0.3, 0.4) is 0 Å². The Balaban J connectivity index is 1.58. The van der Waals surface area contributed by atoms with Crippen LogP contribution in [0.4, 0.5) is 11.4 Å². The zero-order valence-electron chi connectivity index (χ0n) is 17.8. The van der Waals surface area contributed by atoms with Gasteiger partial charge in [-0.1, -0.05) is 44.2 Å². The third-order valence-corrected chi connectivity index (χ3v) is 5.40. The Labute approximate surface area is 174 Å². The Hall–Kier alpha value is -2.37. The first-order valence-electron chi connectivity index (χ1n) is 10.7. The summed E-state index contributed by atoms with van der Waals surface area (Å²) in [6.07, 6.45) is 1.04. The second-order valence-electron chi connectivity index (χ2n) is 8.26. The number of morpholine rings is 1. The van der Waals surface area contributed by atoms with Crippen LogP contribution in [0, 0.1) is 5.92 Å². The minimum absolute atomic E-state index is 0.0359. The Bertz CT molecular complexity index is 755. The summed E-state index contributed by atoms with van der Waals surface area (Å²) in [5, 5.41) is 5.26. The van der Waals surface area contributed by atoms with Crippen LogP contribution in [0.1, 0.15) is 38.8 Å². The smallest absolute Gasteiger partial charge is 0.282 e. The first-order chi connectivity index (χ1) is 14.0. The fourth-order valence-corrected chi connectivity index (χ4v) is 3.80. The molecule has 2 aromatic carbocycles. The number of carbonyl (C=O) groups excluding carboxylic acids is 1. The summed E-state index contributed by atoms with van der Waals surface area (Å²) in [6, 6.07) is 18.7. The molecule has 1 aliphatic heterocycles. The number of nitrogens with zero attached hydrogens (tertiary/aromatic N) is 1. The van der Waals surface area contributed by atoms with E-state index >= 15 is 0 Å². The maximum atomic E-state index is 12.8. The van der Waals surface area contributed by atoms with Crippen LogP contribution in [0.2, 0.25) is 0 Å². The van der Waals surface area contributed by atoms with Crippen molar-refractivity contribution >= 4 is 17.3 Å². The summed E-state index contributed by atoms with van der Waals surface area (Å²) < 4.78 is 5.41. The highest BCUT2D eigenvalue weighted by atomic mass is 16.5. The minimum Gasteiger partial charge on any atom is -0.378 e. The van der Waals surface area contributed by atoms with E-state index in [-0.39, 0.29) is 18.0 Å². The number of quaternary nitrogens is 1. The average Bonchev–Trinajstić information content (AvgIpc) is 2.74. The number of ether oxygens (including phenoxy) is 1. The predicted molar refractivity (Wildman–Crippen MR) is 118 cm³/mol. The predicted octanol–water partition coefficient (Wildman–Crippen LogP) is 3.20. The van der Waals surface area contributed by atoms with E-state index in [1.54, 1.807) is 0 Å². The molecule has 1 saturated heterocycles. The molecule has 0 aromatic heterocycles. The Morgan fingerprint density at radius 1 is 1.03 bits per heavy atom. The van der Waals surface area contributed by atoms with E-state index in [9.17, 15) is 4.79 Å². The van der Waals surface area contributed by atoms with Crippen LogP contribution >= 0.6 is 0 Å². The molecule has 1 aliphatic rings. The Kier molecular flexibility index (Phi) is 7.67. The number of anilines is 2. The number of nitrogens with one attached hydrogen (secondary N) is 1. The zero-order chi connectivity index (χ0) is 20.6. The SMILES string of the molecule is CC(C)C[C@@H]([NH2+][C@H](C)C(=O)Nc1ccc(N2CCOCC2)cc1)c1ccccc1. The third kappa shape index (κ3) is 6.31. The summed E-state index contributed by atoms with van der Waals surface area (Å²) in [5.74, 6) is 0.605. The molecule has 2 atom stereocenters. The number of hydrogen-bond acceptors (Lipinski definition) is 3. The van der Waals surface area contributed by atoms with Crippen molar-refractivity contribution < 1.29 is 14.8 Å².